The van der Waals surface area contributed by atoms with Crippen LogP contribution in [0.3, 0.4) is 0 Å². The van der Waals surface area contributed by atoms with Crippen LogP contribution in [0.4, 0.5) is 5.00 Å². The van der Waals surface area contributed by atoms with Gasteiger partial charge in [0.1, 0.15) is 0 Å². The Morgan fingerprint density at radius 3 is 2.23 bits per heavy atom. The van der Waals surface area contributed by atoms with E-state index in [1.54, 1.807) is 11.3 Å². The Morgan fingerprint density at radius 2 is 1.69 bits per heavy atom. The second-order valence-electron chi connectivity index (χ2n) is 2.60. The van der Waals surface area contributed by atoms with Gasteiger partial charge in [0.05, 0.1) is 5.00 Å². The smallest absolute Gasteiger partial charge is 0.0862 e. The van der Waals surface area contributed by atoms with Crippen LogP contribution in [0.1, 0.15) is 0 Å². The van der Waals surface area contributed by atoms with Crippen molar-refractivity contribution in [3.63, 3.8) is 0 Å². The molecule has 0 saturated carbocycles. The van der Waals surface area contributed by atoms with E-state index >= 15 is 0 Å². The van der Waals surface area contributed by atoms with Gasteiger partial charge in [-0.15, -0.1) is 23.7 Å². The van der Waals surface area contributed by atoms with Crippen LogP contribution < -0.4 is 5.73 Å². The largest absolute Gasteiger partial charge is 0.391 e. The van der Waals surface area contributed by atoms with E-state index in [4.69, 9.17) is 5.73 Å². The summed E-state index contributed by atoms with van der Waals surface area (Å²) >= 11 is 1.58. The number of nitrogen functional groups attached to an aromatic ring is 1. The van der Waals surface area contributed by atoms with Crippen LogP contribution in [0.25, 0.3) is 11.1 Å². The Labute approximate surface area is 87.6 Å². The Kier molecular flexibility index (Phi) is 3.34. The molecule has 3 heteroatoms. The number of thiophene rings is 1. The van der Waals surface area contributed by atoms with E-state index < -0.39 is 0 Å². The number of anilines is 1. The molecule has 0 aliphatic heterocycles. The highest BCUT2D eigenvalue weighted by Gasteiger charge is 1.97. The van der Waals surface area contributed by atoms with E-state index in [0.717, 1.165) is 5.00 Å². The Hall–Kier alpha value is -0.990. The van der Waals surface area contributed by atoms with Crippen molar-refractivity contribution in [2.24, 2.45) is 0 Å². The first-order chi connectivity index (χ1) is 5.86. The minimum Gasteiger partial charge on any atom is -0.391 e. The molecule has 0 unspecified atom stereocenters. The van der Waals surface area contributed by atoms with Crippen molar-refractivity contribution < 1.29 is 0 Å². The summed E-state index contributed by atoms with van der Waals surface area (Å²) in [5.41, 5.74) is 8.07. The maximum atomic E-state index is 5.63. The molecule has 0 radical (unpaired) electrons. The van der Waals surface area contributed by atoms with Gasteiger partial charge in [-0.3, -0.25) is 0 Å². The highest BCUT2D eigenvalue weighted by molar-refractivity contribution is 7.14. The van der Waals surface area contributed by atoms with E-state index in [9.17, 15) is 0 Å². The number of rotatable bonds is 1. The van der Waals surface area contributed by atoms with Crippen molar-refractivity contribution in [1.29, 1.82) is 0 Å². The Bertz CT molecular complexity index is 369. The molecule has 0 saturated heterocycles. The molecule has 0 spiro atoms. The molecule has 2 aromatic rings. The maximum Gasteiger partial charge on any atom is 0.0862 e. The van der Waals surface area contributed by atoms with Crippen LogP contribution in [-0.2, 0) is 0 Å². The van der Waals surface area contributed by atoms with Gasteiger partial charge in [-0.25, -0.2) is 0 Å². The van der Waals surface area contributed by atoms with Crippen LogP contribution in [-0.4, -0.2) is 0 Å². The number of benzene rings is 1. The average Bonchev–Trinajstić information content (AvgIpc) is 2.54. The van der Waals surface area contributed by atoms with Crippen LogP contribution in [0, 0.1) is 0 Å². The van der Waals surface area contributed by atoms with E-state index in [0.29, 0.717) is 0 Å². The first-order valence-corrected chi connectivity index (χ1v) is 4.63. The standard InChI is InChI=1S/C10H9NS.ClH/c11-10-6-9(7-12-10)8-4-2-1-3-5-8;/h1-7H,11H2;1H. The lowest BCUT2D eigenvalue weighted by Crippen LogP contribution is -1.75. The quantitative estimate of drug-likeness (QED) is 0.769. The van der Waals surface area contributed by atoms with E-state index in [1.807, 2.05) is 24.3 Å². The van der Waals surface area contributed by atoms with Gasteiger partial charge in [-0.05, 0) is 17.2 Å². The number of hydrogen-bond donors (Lipinski definition) is 1. The van der Waals surface area contributed by atoms with Crippen molar-refractivity contribution in [3.8, 4) is 11.1 Å². The lowest BCUT2D eigenvalue weighted by Gasteiger charge is -1.93. The van der Waals surface area contributed by atoms with Crippen LogP contribution in [0.15, 0.2) is 41.8 Å². The fraction of sp³-hybridized carbons (Fsp3) is 0. The van der Waals surface area contributed by atoms with Crippen LogP contribution >= 0.6 is 23.7 Å². The topological polar surface area (TPSA) is 26.0 Å². The second-order valence-corrected chi connectivity index (χ2v) is 3.55. The molecule has 0 amide bonds. The van der Waals surface area contributed by atoms with Crippen molar-refractivity contribution in [1.82, 2.24) is 0 Å². The summed E-state index contributed by atoms with van der Waals surface area (Å²) in [7, 11) is 0. The molecule has 0 aliphatic rings. The zero-order valence-corrected chi connectivity index (χ0v) is 8.57. The molecule has 0 fully saturated rings. The summed E-state index contributed by atoms with van der Waals surface area (Å²) < 4.78 is 0. The van der Waals surface area contributed by atoms with Crippen LogP contribution in [0.2, 0.25) is 0 Å². The van der Waals surface area contributed by atoms with Gasteiger partial charge in [-0.2, -0.15) is 0 Å². The molecule has 1 aromatic heterocycles. The Balaban J connectivity index is 0.000000845. The highest BCUT2D eigenvalue weighted by Crippen LogP contribution is 2.26. The van der Waals surface area contributed by atoms with Gasteiger partial charge in [0.25, 0.3) is 0 Å². The van der Waals surface area contributed by atoms with E-state index in [2.05, 4.69) is 17.5 Å². The first kappa shape index (κ1) is 10.1. The minimum absolute atomic E-state index is 0. The fourth-order valence-corrected chi connectivity index (χ4v) is 1.80. The predicted molar refractivity (Wildman–Crippen MR) is 61.4 cm³/mol. The first-order valence-electron chi connectivity index (χ1n) is 3.76. The predicted octanol–water partition coefficient (Wildman–Crippen LogP) is 3.42. The van der Waals surface area contributed by atoms with Gasteiger partial charge in [0, 0.05) is 5.38 Å². The van der Waals surface area contributed by atoms with Crippen molar-refractivity contribution in [2.75, 3.05) is 5.73 Å². The fourth-order valence-electron chi connectivity index (χ4n) is 1.13. The van der Waals surface area contributed by atoms with Crippen molar-refractivity contribution in [2.45, 2.75) is 0 Å². The van der Waals surface area contributed by atoms with Crippen LogP contribution in [0.5, 0.6) is 0 Å². The second kappa shape index (κ2) is 4.30. The number of hydrogen-bond acceptors (Lipinski definition) is 2. The third-order valence-corrected chi connectivity index (χ3v) is 2.49. The summed E-state index contributed by atoms with van der Waals surface area (Å²) in [6, 6.07) is 12.2. The molecule has 0 bridgehead atoms. The molecule has 13 heavy (non-hydrogen) atoms. The number of nitrogens with two attached hydrogens (primary N) is 1. The highest BCUT2D eigenvalue weighted by atomic mass is 35.5. The molecular weight excluding hydrogens is 202 g/mol. The summed E-state index contributed by atoms with van der Waals surface area (Å²) in [5, 5.41) is 2.94. The molecule has 1 nitrogen and oxygen atoms in total. The van der Waals surface area contributed by atoms with Gasteiger partial charge in [0.15, 0.2) is 0 Å². The van der Waals surface area contributed by atoms with Gasteiger partial charge in [-0.1, -0.05) is 30.3 Å². The molecule has 0 atom stereocenters. The third kappa shape index (κ3) is 2.23. The lowest BCUT2D eigenvalue weighted by molar-refractivity contribution is 1.68. The lowest BCUT2D eigenvalue weighted by atomic mass is 10.1. The van der Waals surface area contributed by atoms with E-state index in [1.165, 1.54) is 11.1 Å². The molecule has 0 aliphatic carbocycles. The molecule has 2 N–H and O–H groups in total. The minimum atomic E-state index is 0. The summed E-state index contributed by atoms with van der Waals surface area (Å²) in [6.45, 7) is 0. The van der Waals surface area contributed by atoms with E-state index in [-0.39, 0.29) is 12.4 Å². The molecule has 2 rings (SSSR count). The zero-order valence-electron chi connectivity index (χ0n) is 6.94. The maximum absolute atomic E-state index is 5.63. The summed E-state index contributed by atoms with van der Waals surface area (Å²) in [4.78, 5) is 0. The SMILES string of the molecule is Cl.Nc1cc(-c2ccccc2)cs1. The van der Waals surface area contributed by atoms with Gasteiger partial charge < -0.3 is 5.73 Å². The zero-order chi connectivity index (χ0) is 8.39. The molecule has 68 valence electrons. The normalized spacial score (nSPS) is 9.23. The number of halogens is 1. The average molecular weight is 212 g/mol. The van der Waals surface area contributed by atoms with Crippen molar-refractivity contribution in [3.05, 3.63) is 41.8 Å². The third-order valence-electron chi connectivity index (χ3n) is 1.73. The summed E-state index contributed by atoms with van der Waals surface area (Å²) in [5.74, 6) is 0. The molecule has 1 aromatic carbocycles. The monoisotopic (exact) mass is 211 g/mol. The van der Waals surface area contributed by atoms with Gasteiger partial charge in [0.2, 0.25) is 0 Å². The summed E-state index contributed by atoms with van der Waals surface area (Å²) in [6.07, 6.45) is 0. The molecule has 1 heterocycles. The van der Waals surface area contributed by atoms with Crippen molar-refractivity contribution >= 4 is 28.7 Å². The Morgan fingerprint density at radius 1 is 1.00 bits per heavy atom. The van der Waals surface area contributed by atoms with Gasteiger partial charge >= 0.3 is 0 Å². The molecular formula is C10H10ClNS.